The van der Waals surface area contributed by atoms with E-state index in [9.17, 15) is 13.7 Å². The van der Waals surface area contributed by atoms with E-state index in [4.69, 9.17) is 8.71 Å². The zero-order valence-corrected chi connectivity index (χ0v) is 9.38. The molecule has 80 valence electrons. The van der Waals surface area contributed by atoms with Gasteiger partial charge in [-0.05, 0) is 6.42 Å². The molecule has 1 fully saturated rings. The van der Waals surface area contributed by atoms with Gasteiger partial charge in [-0.25, -0.2) is 0 Å². The van der Waals surface area contributed by atoms with Gasteiger partial charge in [0.25, 0.3) is 0 Å². The van der Waals surface area contributed by atoms with Crippen LogP contribution in [-0.2, 0) is 13.3 Å². The first-order valence-corrected chi connectivity index (χ1v) is 8.08. The Morgan fingerprint density at radius 2 is 2.15 bits per heavy atom. The minimum Gasteiger partial charge on any atom is -0.324 e. The molecule has 1 aliphatic rings. The second-order valence-corrected chi connectivity index (χ2v) is 7.86. The third kappa shape index (κ3) is 4.44. The van der Waals surface area contributed by atoms with Crippen molar-refractivity contribution in [1.29, 1.82) is 0 Å². The van der Waals surface area contributed by atoms with Crippen LogP contribution in [0.25, 0.3) is 0 Å². The molecule has 0 aliphatic carbocycles. The highest BCUT2D eigenvalue weighted by Crippen LogP contribution is 2.48. The molecule has 1 rings (SSSR count). The van der Waals surface area contributed by atoms with Crippen LogP contribution in [-0.4, -0.2) is 40.9 Å². The van der Waals surface area contributed by atoms with Crippen molar-refractivity contribution < 1.29 is 22.4 Å². The molecule has 1 aliphatic heterocycles. The lowest BCUT2D eigenvalue weighted by atomic mass is 10.3. The van der Waals surface area contributed by atoms with Gasteiger partial charge in [0.15, 0.2) is 7.37 Å². The zero-order valence-electron chi connectivity index (χ0n) is 7.67. The average molecular weight is 230 g/mol. The van der Waals surface area contributed by atoms with Crippen LogP contribution >= 0.6 is 18.2 Å². The van der Waals surface area contributed by atoms with Gasteiger partial charge in [0, 0.05) is 13.3 Å². The normalized spacial score (nSPS) is 31.2. The molecule has 1 heterocycles. The molecule has 0 spiro atoms. The zero-order chi connectivity index (χ0) is 10.1. The van der Waals surface area contributed by atoms with Gasteiger partial charge in [-0.2, -0.15) is 0 Å². The maximum absolute atomic E-state index is 11.3. The summed E-state index contributed by atoms with van der Waals surface area (Å²) in [6, 6.07) is 0. The van der Waals surface area contributed by atoms with Crippen LogP contribution in [0.15, 0.2) is 0 Å². The van der Waals surface area contributed by atoms with Crippen molar-refractivity contribution in [2.75, 3.05) is 25.7 Å². The van der Waals surface area contributed by atoms with E-state index in [1.54, 1.807) is 0 Å². The van der Waals surface area contributed by atoms with Gasteiger partial charge in [0.2, 0.25) is 0 Å². The summed E-state index contributed by atoms with van der Waals surface area (Å²) in [6.45, 7) is 3.26. The summed E-state index contributed by atoms with van der Waals surface area (Å²) in [5, 5.41) is 0. The predicted molar refractivity (Wildman–Crippen MR) is 52.6 cm³/mol. The molecule has 5 nitrogen and oxygen atoms in total. The maximum atomic E-state index is 11.3. The summed E-state index contributed by atoms with van der Waals surface area (Å²) in [5.74, 6) is 0.0265. The van der Waals surface area contributed by atoms with Crippen LogP contribution in [0.1, 0.15) is 6.42 Å². The lowest BCUT2D eigenvalue weighted by Crippen LogP contribution is -2.29. The highest BCUT2D eigenvalue weighted by Gasteiger charge is 2.31. The third-order valence-electron chi connectivity index (χ3n) is 1.52. The Bertz CT molecular complexity index is 225. The van der Waals surface area contributed by atoms with Gasteiger partial charge >= 0.3 is 0 Å². The highest BCUT2D eigenvalue weighted by atomic mass is 32.3. The molecule has 0 amide bonds. The van der Waals surface area contributed by atoms with Crippen molar-refractivity contribution in [1.82, 2.24) is 0 Å². The standard InChI is InChI=1S/C6H15O5PS/c1-12(2,7)11-6-3-4-10-13(8,9)5-6/h6,8-9H,3-5H2,1-2H3. The molecular formula is C6H15O5PS. The number of hydrogen-bond donors (Lipinski definition) is 2. The Hall–Kier alpha value is 0.420. The average Bonchev–Trinajstić information content (AvgIpc) is 1.79. The molecule has 13 heavy (non-hydrogen) atoms. The monoisotopic (exact) mass is 230 g/mol. The second kappa shape index (κ2) is 3.88. The van der Waals surface area contributed by atoms with Crippen LogP contribution in [0, 0.1) is 0 Å². The van der Waals surface area contributed by atoms with E-state index in [1.807, 2.05) is 0 Å². The van der Waals surface area contributed by atoms with E-state index in [-0.39, 0.29) is 18.5 Å². The van der Waals surface area contributed by atoms with Gasteiger partial charge < -0.3 is 13.6 Å². The van der Waals surface area contributed by atoms with Crippen molar-refractivity contribution in [2.45, 2.75) is 12.5 Å². The van der Waals surface area contributed by atoms with E-state index in [0.717, 1.165) is 0 Å². The molecule has 2 N–H and O–H groups in total. The summed E-state index contributed by atoms with van der Waals surface area (Å²) in [5.41, 5.74) is 0. The second-order valence-electron chi connectivity index (χ2n) is 3.36. The Morgan fingerprint density at radius 1 is 1.54 bits per heavy atom. The van der Waals surface area contributed by atoms with Crippen LogP contribution in [0.3, 0.4) is 0 Å². The van der Waals surface area contributed by atoms with E-state index >= 15 is 0 Å². The summed E-state index contributed by atoms with van der Waals surface area (Å²) >= 11 is 0. The van der Waals surface area contributed by atoms with Crippen molar-refractivity contribution in [3.63, 3.8) is 0 Å². The van der Waals surface area contributed by atoms with Crippen LogP contribution in [0.4, 0.5) is 0 Å². The van der Waals surface area contributed by atoms with E-state index in [2.05, 4.69) is 0 Å². The SMILES string of the molecule is CP(C)(=O)OC1CCOS(O)(O)C1. The smallest absolute Gasteiger partial charge is 0.197 e. The fourth-order valence-electron chi connectivity index (χ4n) is 1.13. The Kier molecular flexibility index (Phi) is 3.43. The maximum Gasteiger partial charge on any atom is 0.197 e. The summed E-state index contributed by atoms with van der Waals surface area (Å²) < 4.78 is 39.6. The Morgan fingerprint density at radius 3 is 2.62 bits per heavy atom. The first kappa shape index (κ1) is 11.5. The topological polar surface area (TPSA) is 76.0 Å². The molecule has 0 saturated carbocycles. The summed E-state index contributed by atoms with van der Waals surface area (Å²) in [7, 11) is -5.51. The van der Waals surface area contributed by atoms with Gasteiger partial charge in [-0.1, -0.05) is 0 Å². The molecule has 1 atom stereocenters. The van der Waals surface area contributed by atoms with E-state index in [1.165, 1.54) is 13.3 Å². The van der Waals surface area contributed by atoms with E-state index in [0.29, 0.717) is 6.42 Å². The van der Waals surface area contributed by atoms with E-state index < -0.39 is 18.2 Å². The molecule has 1 unspecified atom stereocenters. The summed E-state index contributed by atoms with van der Waals surface area (Å²) in [6.07, 6.45) is 0.196. The van der Waals surface area contributed by atoms with Gasteiger partial charge in [-0.3, -0.25) is 8.75 Å². The molecular weight excluding hydrogens is 215 g/mol. The molecule has 7 heteroatoms. The molecule has 0 aromatic heterocycles. The molecule has 0 bridgehead atoms. The highest BCUT2D eigenvalue weighted by molar-refractivity contribution is 8.20. The summed E-state index contributed by atoms with van der Waals surface area (Å²) in [4.78, 5) is 0. The first-order valence-electron chi connectivity index (χ1n) is 3.92. The minimum absolute atomic E-state index is 0.0265. The minimum atomic E-state index is -2.95. The lowest BCUT2D eigenvalue weighted by molar-refractivity contribution is 0.143. The molecule has 0 aromatic carbocycles. The third-order valence-corrected chi connectivity index (χ3v) is 3.67. The van der Waals surface area contributed by atoms with Crippen molar-refractivity contribution in [3.8, 4) is 0 Å². The van der Waals surface area contributed by atoms with Crippen LogP contribution in [0.5, 0.6) is 0 Å². The molecule has 0 aromatic rings. The fraction of sp³-hybridized carbons (Fsp3) is 1.00. The Labute approximate surface area is 79.4 Å². The van der Waals surface area contributed by atoms with Gasteiger partial charge in [-0.15, -0.1) is 0 Å². The van der Waals surface area contributed by atoms with Crippen molar-refractivity contribution in [2.24, 2.45) is 0 Å². The van der Waals surface area contributed by atoms with Gasteiger partial charge in [0.05, 0.1) is 29.3 Å². The number of hydrogen-bond acceptors (Lipinski definition) is 5. The number of rotatable bonds is 2. The molecule has 1 saturated heterocycles. The quantitative estimate of drug-likeness (QED) is 0.709. The van der Waals surface area contributed by atoms with Crippen molar-refractivity contribution >= 4 is 18.2 Å². The van der Waals surface area contributed by atoms with Gasteiger partial charge in [0.1, 0.15) is 0 Å². The van der Waals surface area contributed by atoms with Crippen LogP contribution < -0.4 is 0 Å². The van der Waals surface area contributed by atoms with Crippen LogP contribution in [0.2, 0.25) is 0 Å². The molecule has 0 radical (unpaired) electrons. The predicted octanol–water partition coefficient (Wildman–Crippen LogP) is 2.00. The Balaban J connectivity index is 2.48. The van der Waals surface area contributed by atoms with Crippen molar-refractivity contribution in [3.05, 3.63) is 0 Å². The fourth-order valence-corrected chi connectivity index (χ4v) is 3.31. The first-order chi connectivity index (χ1) is 5.79. The largest absolute Gasteiger partial charge is 0.324 e. The lowest BCUT2D eigenvalue weighted by Gasteiger charge is -2.35.